The van der Waals surface area contributed by atoms with Gasteiger partial charge in [-0.3, -0.25) is 4.90 Å². The van der Waals surface area contributed by atoms with Crippen LogP contribution in [0, 0.1) is 11.6 Å². The Morgan fingerprint density at radius 3 is 2.20 bits per heavy atom. The molecule has 1 fully saturated rings. The molecule has 0 bridgehead atoms. The third-order valence-electron chi connectivity index (χ3n) is 3.08. The molecule has 1 saturated heterocycles. The summed E-state index contributed by atoms with van der Waals surface area (Å²) in [7, 11) is 0. The van der Waals surface area contributed by atoms with Gasteiger partial charge in [0.1, 0.15) is 17.7 Å². The Labute approximate surface area is 119 Å². The summed E-state index contributed by atoms with van der Waals surface area (Å²) in [5, 5.41) is 2.93. The summed E-state index contributed by atoms with van der Waals surface area (Å²) in [6.07, 6.45) is -4.60. The molecule has 1 aromatic carbocycles. The van der Waals surface area contributed by atoms with Gasteiger partial charge in [-0.15, -0.1) is 12.4 Å². The molecule has 1 atom stereocenters. The molecule has 8 heteroatoms. The Kier molecular flexibility index (Phi) is 5.73. The summed E-state index contributed by atoms with van der Waals surface area (Å²) in [6.45, 7) is 1.16. The average molecular weight is 317 g/mol. The van der Waals surface area contributed by atoms with E-state index >= 15 is 0 Å². The van der Waals surface area contributed by atoms with Crippen molar-refractivity contribution in [1.29, 1.82) is 0 Å². The Hall–Kier alpha value is -0.920. The van der Waals surface area contributed by atoms with Crippen molar-refractivity contribution in [3.05, 3.63) is 35.4 Å². The van der Waals surface area contributed by atoms with Crippen molar-refractivity contribution in [2.75, 3.05) is 26.2 Å². The van der Waals surface area contributed by atoms with E-state index in [2.05, 4.69) is 5.32 Å². The number of hydrogen-bond acceptors (Lipinski definition) is 2. The van der Waals surface area contributed by atoms with Crippen molar-refractivity contribution in [2.24, 2.45) is 0 Å². The fourth-order valence-corrected chi connectivity index (χ4v) is 2.24. The van der Waals surface area contributed by atoms with Crippen LogP contribution in [0.1, 0.15) is 11.6 Å². The predicted molar refractivity (Wildman–Crippen MR) is 66.8 cm³/mol. The zero-order chi connectivity index (χ0) is 14.0. The Bertz CT molecular complexity index is 446. The summed E-state index contributed by atoms with van der Waals surface area (Å²) >= 11 is 0. The molecule has 0 spiro atoms. The van der Waals surface area contributed by atoms with Crippen LogP contribution in [0.25, 0.3) is 0 Å². The monoisotopic (exact) mass is 316 g/mol. The second-order valence-corrected chi connectivity index (χ2v) is 4.40. The molecule has 114 valence electrons. The van der Waals surface area contributed by atoms with Crippen LogP contribution >= 0.6 is 12.4 Å². The first-order valence-electron chi connectivity index (χ1n) is 5.86. The topological polar surface area (TPSA) is 15.3 Å². The van der Waals surface area contributed by atoms with Crippen LogP contribution in [-0.2, 0) is 0 Å². The fraction of sp³-hybridized carbons (Fsp3) is 0.500. The van der Waals surface area contributed by atoms with Gasteiger partial charge in [0.05, 0.1) is 0 Å². The van der Waals surface area contributed by atoms with E-state index in [1.807, 2.05) is 0 Å². The van der Waals surface area contributed by atoms with Crippen LogP contribution in [0.3, 0.4) is 0 Å². The minimum Gasteiger partial charge on any atom is -0.314 e. The summed E-state index contributed by atoms with van der Waals surface area (Å²) < 4.78 is 65.9. The summed E-state index contributed by atoms with van der Waals surface area (Å²) in [6, 6.07) is 0.163. The maximum Gasteiger partial charge on any atom is 0.408 e. The van der Waals surface area contributed by atoms with Crippen LogP contribution in [0.5, 0.6) is 0 Å². The highest BCUT2D eigenvalue weighted by Crippen LogP contribution is 2.38. The van der Waals surface area contributed by atoms with E-state index in [9.17, 15) is 22.0 Å². The number of halogens is 6. The highest BCUT2D eigenvalue weighted by Gasteiger charge is 2.46. The third-order valence-corrected chi connectivity index (χ3v) is 3.08. The summed E-state index contributed by atoms with van der Waals surface area (Å²) in [5.41, 5.74) is -0.532. The van der Waals surface area contributed by atoms with Crippen LogP contribution in [-0.4, -0.2) is 37.3 Å². The number of piperazine rings is 1. The molecule has 1 aliphatic heterocycles. The smallest absolute Gasteiger partial charge is 0.314 e. The van der Waals surface area contributed by atoms with E-state index in [0.717, 1.165) is 17.0 Å². The normalized spacial score (nSPS) is 18.4. The lowest BCUT2D eigenvalue weighted by Gasteiger charge is -2.36. The van der Waals surface area contributed by atoms with Gasteiger partial charge in [-0.05, 0) is 6.07 Å². The first kappa shape index (κ1) is 17.1. The van der Waals surface area contributed by atoms with E-state index in [0.29, 0.717) is 19.2 Å². The standard InChI is InChI=1S/C12H13F5N2.ClH/c13-8-1-2-9(10(14)7-8)11(12(15,16)17)19-5-3-18-4-6-19;/h1-2,7,11,18H,3-6H2;1H/t11-;/m1./s1. The number of hydrogen-bond donors (Lipinski definition) is 1. The van der Waals surface area contributed by atoms with E-state index in [1.54, 1.807) is 0 Å². The van der Waals surface area contributed by atoms with Crippen molar-refractivity contribution in [2.45, 2.75) is 12.2 Å². The quantitative estimate of drug-likeness (QED) is 0.844. The second kappa shape index (κ2) is 6.69. The van der Waals surface area contributed by atoms with Gasteiger partial charge in [0.15, 0.2) is 0 Å². The molecule has 0 amide bonds. The van der Waals surface area contributed by atoms with Gasteiger partial charge in [-0.2, -0.15) is 13.2 Å². The number of benzene rings is 1. The number of alkyl halides is 3. The third kappa shape index (κ3) is 3.80. The van der Waals surface area contributed by atoms with Gasteiger partial charge in [0.25, 0.3) is 0 Å². The Morgan fingerprint density at radius 2 is 1.70 bits per heavy atom. The number of nitrogens with zero attached hydrogens (tertiary/aromatic N) is 1. The molecular formula is C12H14ClF5N2. The molecule has 2 rings (SSSR count). The predicted octanol–water partition coefficient (Wildman–Crippen LogP) is 2.90. The fourth-order valence-electron chi connectivity index (χ4n) is 2.24. The summed E-state index contributed by atoms with van der Waals surface area (Å²) in [5.74, 6) is -2.05. The van der Waals surface area contributed by atoms with Crippen molar-refractivity contribution in [3.8, 4) is 0 Å². The first-order valence-corrected chi connectivity index (χ1v) is 5.86. The SMILES string of the molecule is Cl.Fc1ccc([C@@H](N2CCNCC2)C(F)(F)F)c(F)c1. The minimum atomic E-state index is -4.60. The van der Waals surface area contributed by atoms with E-state index in [-0.39, 0.29) is 25.5 Å². The van der Waals surface area contributed by atoms with Crippen LogP contribution in [0.2, 0.25) is 0 Å². The van der Waals surface area contributed by atoms with E-state index in [4.69, 9.17) is 0 Å². The zero-order valence-electron chi connectivity index (χ0n) is 10.4. The summed E-state index contributed by atoms with van der Waals surface area (Å²) in [4.78, 5) is 1.16. The second-order valence-electron chi connectivity index (χ2n) is 4.40. The molecule has 2 nitrogen and oxygen atoms in total. The molecule has 0 unspecified atom stereocenters. The maximum atomic E-state index is 13.6. The molecular weight excluding hydrogens is 303 g/mol. The van der Waals surface area contributed by atoms with Gasteiger partial charge < -0.3 is 5.32 Å². The van der Waals surface area contributed by atoms with Crippen molar-refractivity contribution < 1.29 is 22.0 Å². The van der Waals surface area contributed by atoms with Gasteiger partial charge in [-0.1, -0.05) is 6.07 Å². The van der Waals surface area contributed by atoms with Crippen molar-refractivity contribution in [3.63, 3.8) is 0 Å². The van der Waals surface area contributed by atoms with Crippen molar-refractivity contribution >= 4 is 12.4 Å². The lowest BCUT2D eigenvalue weighted by atomic mass is 10.0. The molecule has 0 radical (unpaired) electrons. The van der Waals surface area contributed by atoms with Gasteiger partial charge in [0, 0.05) is 37.8 Å². The zero-order valence-corrected chi connectivity index (χ0v) is 11.2. The molecule has 1 aliphatic rings. The van der Waals surface area contributed by atoms with Crippen LogP contribution in [0.15, 0.2) is 18.2 Å². The minimum absolute atomic E-state index is 0. The van der Waals surface area contributed by atoms with Gasteiger partial charge >= 0.3 is 6.18 Å². The molecule has 0 aliphatic carbocycles. The van der Waals surface area contributed by atoms with E-state index < -0.39 is 29.4 Å². The molecule has 20 heavy (non-hydrogen) atoms. The van der Waals surface area contributed by atoms with Crippen molar-refractivity contribution in [1.82, 2.24) is 10.2 Å². The molecule has 0 saturated carbocycles. The Morgan fingerprint density at radius 1 is 1.10 bits per heavy atom. The number of nitrogens with one attached hydrogen (secondary N) is 1. The largest absolute Gasteiger partial charge is 0.408 e. The average Bonchev–Trinajstić information content (AvgIpc) is 2.32. The van der Waals surface area contributed by atoms with Crippen LogP contribution < -0.4 is 5.32 Å². The lowest BCUT2D eigenvalue weighted by Crippen LogP contribution is -2.49. The number of rotatable bonds is 2. The van der Waals surface area contributed by atoms with Crippen LogP contribution in [0.4, 0.5) is 22.0 Å². The first-order chi connectivity index (χ1) is 8.89. The van der Waals surface area contributed by atoms with Gasteiger partial charge in [-0.25, -0.2) is 8.78 Å². The molecule has 1 heterocycles. The highest BCUT2D eigenvalue weighted by atomic mass is 35.5. The lowest BCUT2D eigenvalue weighted by molar-refractivity contribution is -0.188. The maximum absolute atomic E-state index is 13.6. The Balaban J connectivity index is 0.00000200. The van der Waals surface area contributed by atoms with Gasteiger partial charge in [0.2, 0.25) is 0 Å². The van der Waals surface area contributed by atoms with E-state index in [1.165, 1.54) is 0 Å². The highest BCUT2D eigenvalue weighted by molar-refractivity contribution is 5.85. The molecule has 1 N–H and O–H groups in total. The molecule has 0 aromatic heterocycles. The molecule has 1 aromatic rings.